The molecule has 3 fully saturated rings. The molecule has 0 atom stereocenters. The second kappa shape index (κ2) is 4.36. The van der Waals surface area contributed by atoms with Crippen LogP contribution in [-0.4, -0.2) is 14.8 Å². The molecular formula is C15H23N3. The van der Waals surface area contributed by atoms with E-state index in [1.165, 1.54) is 75.9 Å². The van der Waals surface area contributed by atoms with Crippen molar-refractivity contribution in [2.75, 3.05) is 0 Å². The van der Waals surface area contributed by atoms with Crippen LogP contribution in [0.4, 0.5) is 0 Å². The van der Waals surface area contributed by atoms with Crippen LogP contribution in [0.3, 0.4) is 0 Å². The van der Waals surface area contributed by atoms with E-state index in [1.54, 1.807) is 0 Å². The molecule has 0 amide bonds. The van der Waals surface area contributed by atoms with Gasteiger partial charge < -0.3 is 0 Å². The smallest absolute Gasteiger partial charge is 0.154 e. The summed E-state index contributed by atoms with van der Waals surface area (Å²) in [6, 6.07) is 0.661. The van der Waals surface area contributed by atoms with Crippen LogP contribution in [0.1, 0.15) is 93.7 Å². The summed E-state index contributed by atoms with van der Waals surface area (Å²) in [4.78, 5) is 4.92. The minimum atomic E-state index is 0.661. The van der Waals surface area contributed by atoms with Crippen molar-refractivity contribution in [2.24, 2.45) is 0 Å². The minimum absolute atomic E-state index is 0.661. The monoisotopic (exact) mass is 245 g/mol. The molecule has 3 nitrogen and oxygen atoms in total. The molecule has 0 aliphatic heterocycles. The minimum Gasteiger partial charge on any atom is -0.246 e. The average Bonchev–Trinajstić information content (AvgIpc) is 3.10. The molecule has 3 aliphatic carbocycles. The maximum atomic E-state index is 4.92. The van der Waals surface area contributed by atoms with E-state index in [0.29, 0.717) is 12.0 Å². The van der Waals surface area contributed by atoms with Gasteiger partial charge in [0, 0.05) is 11.8 Å². The number of aromatic nitrogens is 3. The van der Waals surface area contributed by atoms with Crippen molar-refractivity contribution in [1.82, 2.24) is 14.8 Å². The first-order chi connectivity index (χ1) is 8.92. The Morgan fingerprint density at radius 1 is 0.778 bits per heavy atom. The van der Waals surface area contributed by atoms with Gasteiger partial charge in [0.05, 0.1) is 6.04 Å². The Morgan fingerprint density at radius 2 is 1.56 bits per heavy atom. The van der Waals surface area contributed by atoms with Gasteiger partial charge in [-0.2, -0.15) is 5.10 Å². The van der Waals surface area contributed by atoms with E-state index in [4.69, 9.17) is 10.1 Å². The van der Waals surface area contributed by atoms with Crippen molar-refractivity contribution in [3.8, 4) is 0 Å². The largest absolute Gasteiger partial charge is 0.246 e. The first-order valence-corrected chi connectivity index (χ1v) is 7.88. The first-order valence-electron chi connectivity index (χ1n) is 7.88. The fraction of sp³-hybridized carbons (Fsp3) is 0.867. The zero-order chi connectivity index (χ0) is 11.9. The summed E-state index contributed by atoms with van der Waals surface area (Å²) in [6.07, 6.45) is 13.5. The molecule has 98 valence electrons. The quantitative estimate of drug-likeness (QED) is 0.808. The number of hydrogen-bond acceptors (Lipinski definition) is 2. The summed E-state index contributed by atoms with van der Waals surface area (Å²) < 4.78 is 2.36. The van der Waals surface area contributed by atoms with Crippen molar-refractivity contribution in [2.45, 2.75) is 82.1 Å². The fourth-order valence-electron chi connectivity index (χ4n) is 3.41. The summed E-state index contributed by atoms with van der Waals surface area (Å²) >= 11 is 0. The van der Waals surface area contributed by atoms with Gasteiger partial charge >= 0.3 is 0 Å². The lowest BCUT2D eigenvalue weighted by molar-refractivity contribution is 0.295. The van der Waals surface area contributed by atoms with Crippen LogP contribution in [-0.2, 0) is 0 Å². The highest BCUT2D eigenvalue weighted by Gasteiger charge is 2.34. The van der Waals surface area contributed by atoms with Crippen molar-refractivity contribution < 1.29 is 0 Å². The average molecular weight is 245 g/mol. The number of nitrogens with zero attached hydrogens (tertiary/aromatic N) is 3. The standard InChI is InChI=1S/C15H23N3/c1-2-7-13(8-3-1)18-15(12-5-4-6-12)16-14(17-18)11-9-10-11/h11-13H,1-10H2. The van der Waals surface area contributed by atoms with E-state index in [-0.39, 0.29) is 0 Å². The molecule has 0 N–H and O–H groups in total. The topological polar surface area (TPSA) is 30.7 Å². The molecule has 3 aliphatic rings. The van der Waals surface area contributed by atoms with Gasteiger partial charge in [-0.3, -0.25) is 0 Å². The Labute approximate surface area is 109 Å². The summed E-state index contributed by atoms with van der Waals surface area (Å²) in [7, 11) is 0. The molecule has 4 rings (SSSR count). The molecule has 0 radical (unpaired) electrons. The maximum Gasteiger partial charge on any atom is 0.154 e. The Balaban J connectivity index is 1.64. The summed E-state index contributed by atoms with van der Waals surface area (Å²) in [5, 5.41) is 4.90. The van der Waals surface area contributed by atoms with Gasteiger partial charge in [0.1, 0.15) is 5.82 Å². The Morgan fingerprint density at radius 3 is 2.17 bits per heavy atom. The highest BCUT2D eigenvalue weighted by Crippen LogP contribution is 2.42. The Bertz CT molecular complexity index is 423. The van der Waals surface area contributed by atoms with Gasteiger partial charge in [0.2, 0.25) is 0 Å². The third kappa shape index (κ3) is 1.88. The van der Waals surface area contributed by atoms with Crippen LogP contribution in [0.25, 0.3) is 0 Å². The summed E-state index contributed by atoms with van der Waals surface area (Å²) in [5.41, 5.74) is 0. The Hall–Kier alpha value is -0.860. The molecular weight excluding hydrogens is 222 g/mol. The highest BCUT2D eigenvalue weighted by atomic mass is 15.4. The van der Waals surface area contributed by atoms with Gasteiger partial charge in [0.15, 0.2) is 5.82 Å². The van der Waals surface area contributed by atoms with Crippen LogP contribution in [0.15, 0.2) is 0 Å². The second-order valence-electron chi connectivity index (χ2n) is 6.47. The lowest BCUT2D eigenvalue weighted by Crippen LogP contribution is -2.21. The maximum absolute atomic E-state index is 4.92. The summed E-state index contributed by atoms with van der Waals surface area (Å²) in [6.45, 7) is 0. The molecule has 0 saturated heterocycles. The van der Waals surface area contributed by atoms with Crippen molar-refractivity contribution in [3.05, 3.63) is 11.6 Å². The van der Waals surface area contributed by atoms with E-state index < -0.39 is 0 Å². The van der Waals surface area contributed by atoms with E-state index in [0.717, 1.165) is 5.92 Å². The lowest BCUT2D eigenvalue weighted by Gasteiger charge is -2.29. The first kappa shape index (κ1) is 11.0. The van der Waals surface area contributed by atoms with E-state index in [2.05, 4.69) is 4.68 Å². The van der Waals surface area contributed by atoms with Crippen LogP contribution in [0.2, 0.25) is 0 Å². The van der Waals surface area contributed by atoms with Crippen LogP contribution >= 0.6 is 0 Å². The fourth-order valence-corrected chi connectivity index (χ4v) is 3.41. The van der Waals surface area contributed by atoms with E-state index in [1.807, 2.05) is 0 Å². The molecule has 18 heavy (non-hydrogen) atoms. The molecule has 1 heterocycles. The third-order valence-corrected chi connectivity index (χ3v) is 5.01. The Kier molecular flexibility index (Phi) is 2.66. The lowest BCUT2D eigenvalue weighted by atomic mass is 9.84. The van der Waals surface area contributed by atoms with E-state index in [9.17, 15) is 0 Å². The molecule has 0 aromatic carbocycles. The van der Waals surface area contributed by atoms with Crippen LogP contribution < -0.4 is 0 Å². The summed E-state index contributed by atoms with van der Waals surface area (Å²) in [5.74, 6) is 3.94. The predicted octanol–water partition coefficient (Wildman–Crippen LogP) is 3.93. The van der Waals surface area contributed by atoms with Gasteiger partial charge in [-0.15, -0.1) is 0 Å². The molecule has 0 bridgehead atoms. The molecule has 0 spiro atoms. The molecule has 1 aromatic rings. The van der Waals surface area contributed by atoms with Gasteiger partial charge in [-0.05, 0) is 38.5 Å². The molecule has 1 aromatic heterocycles. The molecule has 0 unspecified atom stereocenters. The van der Waals surface area contributed by atoms with E-state index >= 15 is 0 Å². The zero-order valence-corrected chi connectivity index (χ0v) is 11.1. The SMILES string of the molecule is C1CCC(n2nc(C3CC3)nc2C2CCC2)CC1. The number of hydrogen-bond donors (Lipinski definition) is 0. The van der Waals surface area contributed by atoms with Crippen LogP contribution in [0, 0.1) is 0 Å². The van der Waals surface area contributed by atoms with Gasteiger partial charge in [0.25, 0.3) is 0 Å². The molecule has 3 saturated carbocycles. The second-order valence-corrected chi connectivity index (χ2v) is 6.47. The third-order valence-electron chi connectivity index (χ3n) is 5.01. The van der Waals surface area contributed by atoms with Gasteiger partial charge in [-0.25, -0.2) is 9.67 Å². The van der Waals surface area contributed by atoms with Crippen molar-refractivity contribution in [3.63, 3.8) is 0 Å². The van der Waals surface area contributed by atoms with Crippen molar-refractivity contribution in [1.29, 1.82) is 0 Å². The number of rotatable bonds is 3. The van der Waals surface area contributed by atoms with Crippen molar-refractivity contribution >= 4 is 0 Å². The predicted molar refractivity (Wildman–Crippen MR) is 70.7 cm³/mol. The molecule has 3 heteroatoms. The van der Waals surface area contributed by atoms with Crippen LogP contribution in [0.5, 0.6) is 0 Å². The normalized spacial score (nSPS) is 26.2. The highest BCUT2D eigenvalue weighted by molar-refractivity contribution is 5.11. The zero-order valence-electron chi connectivity index (χ0n) is 11.1. The van der Waals surface area contributed by atoms with Gasteiger partial charge in [-0.1, -0.05) is 25.7 Å².